The fourth-order valence-corrected chi connectivity index (χ4v) is 1.94. The molecule has 0 amide bonds. The molecule has 2 rings (SSSR count). The summed E-state index contributed by atoms with van der Waals surface area (Å²) in [5.41, 5.74) is 2.87. The number of hydrogen-bond donors (Lipinski definition) is 2. The van der Waals surface area contributed by atoms with Crippen LogP contribution in [0.4, 0.5) is 0 Å². The lowest BCUT2D eigenvalue weighted by Gasteiger charge is -2.05. The predicted molar refractivity (Wildman–Crippen MR) is 79.2 cm³/mol. The summed E-state index contributed by atoms with van der Waals surface area (Å²) in [4.78, 5) is 0. The molecule has 0 radical (unpaired) electrons. The first-order valence-electron chi connectivity index (χ1n) is 6.20. The van der Waals surface area contributed by atoms with E-state index in [9.17, 15) is 10.2 Å². The largest absolute Gasteiger partial charge is 0.507 e. The summed E-state index contributed by atoms with van der Waals surface area (Å²) in [6.45, 7) is 1.87. The molecule has 0 aliphatic heterocycles. The number of aromatic hydroxyl groups is 2. The second-order valence-corrected chi connectivity index (χ2v) is 4.56. The molecule has 0 aromatic heterocycles. The Hall–Kier alpha value is -3.24. The summed E-state index contributed by atoms with van der Waals surface area (Å²) in [5.74, 6) is -0.103. The van der Waals surface area contributed by atoms with Gasteiger partial charge in [-0.25, -0.2) is 0 Å². The Labute approximate surface area is 122 Å². The van der Waals surface area contributed by atoms with E-state index >= 15 is 0 Å². The number of rotatable bonds is 2. The summed E-state index contributed by atoms with van der Waals surface area (Å²) in [6, 6.07) is 13.4. The van der Waals surface area contributed by atoms with Crippen molar-refractivity contribution >= 4 is 11.6 Å². The van der Waals surface area contributed by atoms with Crippen molar-refractivity contribution < 1.29 is 10.2 Å². The van der Waals surface area contributed by atoms with Crippen LogP contribution in [0.25, 0.3) is 11.6 Å². The number of allylic oxidation sites excluding steroid dienone is 1. The van der Waals surface area contributed by atoms with Gasteiger partial charge >= 0.3 is 0 Å². The zero-order chi connectivity index (χ0) is 15.4. The molecule has 0 saturated carbocycles. The third-order valence-electron chi connectivity index (χ3n) is 3.10. The second kappa shape index (κ2) is 5.81. The molecule has 4 nitrogen and oxygen atoms in total. The van der Waals surface area contributed by atoms with Crippen LogP contribution in [-0.4, -0.2) is 10.2 Å². The number of benzene rings is 2. The molecule has 0 fully saturated rings. The highest BCUT2D eigenvalue weighted by Gasteiger charge is 2.05. The summed E-state index contributed by atoms with van der Waals surface area (Å²) in [5, 5.41) is 36.8. The van der Waals surface area contributed by atoms with Gasteiger partial charge in [0.05, 0.1) is 11.1 Å². The highest BCUT2D eigenvalue weighted by atomic mass is 16.3. The Morgan fingerprint density at radius 1 is 0.952 bits per heavy atom. The van der Waals surface area contributed by atoms with Gasteiger partial charge in [-0.15, -0.1) is 0 Å². The molecule has 0 atom stereocenters. The Balaban J connectivity index is 2.42. The van der Waals surface area contributed by atoms with E-state index in [2.05, 4.69) is 0 Å². The molecule has 0 bridgehead atoms. The second-order valence-electron chi connectivity index (χ2n) is 4.56. The van der Waals surface area contributed by atoms with Crippen LogP contribution in [0.15, 0.2) is 36.4 Å². The van der Waals surface area contributed by atoms with Crippen LogP contribution in [0.2, 0.25) is 0 Å². The molecule has 0 saturated heterocycles. The van der Waals surface area contributed by atoms with Gasteiger partial charge in [0.1, 0.15) is 23.6 Å². The van der Waals surface area contributed by atoms with Gasteiger partial charge in [0.15, 0.2) is 0 Å². The van der Waals surface area contributed by atoms with Crippen molar-refractivity contribution in [1.82, 2.24) is 0 Å². The van der Waals surface area contributed by atoms with E-state index in [0.717, 1.165) is 16.7 Å². The van der Waals surface area contributed by atoms with E-state index in [4.69, 9.17) is 10.5 Å². The van der Waals surface area contributed by atoms with E-state index < -0.39 is 0 Å². The fourth-order valence-electron chi connectivity index (χ4n) is 1.94. The lowest BCUT2D eigenvalue weighted by atomic mass is 10.0. The van der Waals surface area contributed by atoms with Crippen LogP contribution in [0.3, 0.4) is 0 Å². The van der Waals surface area contributed by atoms with Gasteiger partial charge in [0.25, 0.3) is 0 Å². The minimum absolute atomic E-state index is 0.0505. The van der Waals surface area contributed by atoms with Crippen LogP contribution >= 0.6 is 0 Å². The van der Waals surface area contributed by atoms with Crippen LogP contribution < -0.4 is 0 Å². The van der Waals surface area contributed by atoms with E-state index in [1.807, 2.05) is 25.1 Å². The van der Waals surface area contributed by atoms with E-state index in [1.165, 1.54) is 12.1 Å². The van der Waals surface area contributed by atoms with Crippen LogP contribution in [0.1, 0.15) is 29.2 Å². The van der Waals surface area contributed by atoms with Crippen molar-refractivity contribution in [2.75, 3.05) is 0 Å². The number of nitrogens with zero attached hydrogens (tertiary/aromatic N) is 2. The van der Waals surface area contributed by atoms with Crippen molar-refractivity contribution in [2.24, 2.45) is 0 Å². The average molecular weight is 276 g/mol. The maximum Gasteiger partial charge on any atom is 0.133 e. The highest BCUT2D eigenvalue weighted by molar-refractivity contribution is 5.81. The SMILES string of the molecule is C/C(=C\c1ccc(O)c(C#N)c1)c1ccc(O)c(C#N)c1. The Morgan fingerprint density at radius 2 is 1.52 bits per heavy atom. The molecular weight excluding hydrogens is 264 g/mol. The number of nitriles is 2. The molecule has 2 aromatic carbocycles. The Morgan fingerprint density at radius 3 is 2.14 bits per heavy atom. The standard InChI is InChI=1S/C17H12N2O2/c1-11(13-3-5-17(21)15(8-13)10-19)6-12-2-4-16(20)14(7-12)9-18/h2-8,20-21H,1H3/b11-6+. The molecule has 0 aliphatic carbocycles. The third-order valence-corrected chi connectivity index (χ3v) is 3.10. The molecule has 0 spiro atoms. The topological polar surface area (TPSA) is 88.0 Å². The third kappa shape index (κ3) is 3.02. The first kappa shape index (κ1) is 14.2. The molecule has 0 unspecified atom stereocenters. The molecular formula is C17H12N2O2. The monoisotopic (exact) mass is 276 g/mol. The summed E-state index contributed by atoms with van der Waals surface area (Å²) in [7, 11) is 0. The molecule has 21 heavy (non-hydrogen) atoms. The maximum absolute atomic E-state index is 9.50. The summed E-state index contributed by atoms with van der Waals surface area (Å²) >= 11 is 0. The smallest absolute Gasteiger partial charge is 0.133 e. The predicted octanol–water partition coefficient (Wildman–Crippen LogP) is 3.40. The first-order chi connectivity index (χ1) is 10.0. The van der Waals surface area contributed by atoms with Gasteiger partial charge in [-0.1, -0.05) is 18.2 Å². The Kier molecular flexibility index (Phi) is 3.92. The highest BCUT2D eigenvalue weighted by Crippen LogP contribution is 2.25. The van der Waals surface area contributed by atoms with Crippen molar-refractivity contribution in [3.63, 3.8) is 0 Å². The number of phenols is 2. The van der Waals surface area contributed by atoms with Crippen LogP contribution in [0.5, 0.6) is 11.5 Å². The molecule has 4 heteroatoms. The van der Waals surface area contributed by atoms with Crippen molar-refractivity contribution in [2.45, 2.75) is 6.92 Å². The van der Waals surface area contributed by atoms with Gasteiger partial charge < -0.3 is 10.2 Å². The minimum Gasteiger partial charge on any atom is -0.507 e. The Bertz CT molecular complexity index is 809. The number of hydrogen-bond acceptors (Lipinski definition) is 4. The zero-order valence-electron chi connectivity index (χ0n) is 11.3. The fraction of sp³-hybridized carbons (Fsp3) is 0.0588. The van der Waals surface area contributed by atoms with Gasteiger partial charge in [0, 0.05) is 0 Å². The first-order valence-corrected chi connectivity index (χ1v) is 6.20. The van der Waals surface area contributed by atoms with Gasteiger partial charge in [-0.05, 0) is 47.9 Å². The quantitative estimate of drug-likeness (QED) is 0.823. The van der Waals surface area contributed by atoms with E-state index in [1.54, 1.807) is 24.3 Å². The van der Waals surface area contributed by atoms with Crippen LogP contribution in [0, 0.1) is 22.7 Å². The molecule has 0 aliphatic rings. The van der Waals surface area contributed by atoms with Gasteiger partial charge in [0.2, 0.25) is 0 Å². The normalized spacial score (nSPS) is 10.7. The minimum atomic E-state index is -0.0521. The van der Waals surface area contributed by atoms with Gasteiger partial charge in [-0.3, -0.25) is 0 Å². The lowest BCUT2D eigenvalue weighted by molar-refractivity contribution is 0.473. The van der Waals surface area contributed by atoms with Gasteiger partial charge in [-0.2, -0.15) is 10.5 Å². The molecule has 0 heterocycles. The average Bonchev–Trinajstić information content (AvgIpc) is 2.49. The molecule has 2 N–H and O–H groups in total. The van der Waals surface area contributed by atoms with E-state index in [0.29, 0.717) is 0 Å². The van der Waals surface area contributed by atoms with Crippen molar-refractivity contribution in [1.29, 1.82) is 10.5 Å². The van der Waals surface area contributed by atoms with E-state index in [-0.39, 0.29) is 22.6 Å². The van der Waals surface area contributed by atoms with Crippen molar-refractivity contribution in [3.8, 4) is 23.6 Å². The number of phenolic OH excluding ortho intramolecular Hbond substituents is 2. The van der Waals surface area contributed by atoms with Crippen LogP contribution in [-0.2, 0) is 0 Å². The maximum atomic E-state index is 9.50. The zero-order valence-corrected chi connectivity index (χ0v) is 11.3. The molecule has 2 aromatic rings. The summed E-state index contributed by atoms with van der Waals surface area (Å²) in [6.07, 6.45) is 1.84. The lowest BCUT2D eigenvalue weighted by Crippen LogP contribution is -1.85. The molecule has 102 valence electrons. The summed E-state index contributed by atoms with van der Waals surface area (Å²) < 4.78 is 0. The van der Waals surface area contributed by atoms with Crippen molar-refractivity contribution in [3.05, 3.63) is 58.7 Å².